The Bertz CT molecular complexity index is 306. The van der Waals surface area contributed by atoms with E-state index >= 15 is 0 Å². The third-order valence-electron chi connectivity index (χ3n) is 1.65. The molecule has 16 heavy (non-hydrogen) atoms. The zero-order valence-electron chi connectivity index (χ0n) is 8.78. The smallest absolute Gasteiger partial charge is 0.322 e. The van der Waals surface area contributed by atoms with Gasteiger partial charge in [0.1, 0.15) is 0 Å². The topological polar surface area (TPSA) is 95.5 Å². The molecule has 0 aromatic carbocycles. The Hall–Kier alpha value is -2.03. The fourth-order valence-corrected chi connectivity index (χ4v) is 0.926. The number of rotatable bonds is 6. The molecule has 0 saturated heterocycles. The fourth-order valence-electron chi connectivity index (χ4n) is 0.926. The normalized spacial score (nSPS) is 8.94. The van der Waals surface area contributed by atoms with Gasteiger partial charge in [0, 0.05) is 12.8 Å². The first kappa shape index (κ1) is 14.0. The minimum atomic E-state index is -0.896. The Labute approximate surface area is 93.4 Å². The lowest BCUT2D eigenvalue weighted by Crippen LogP contribution is -2.39. The number of carboxylic acid groups (broad SMARTS) is 1. The molecule has 0 aromatic heterocycles. The Morgan fingerprint density at radius 1 is 1.19 bits per heavy atom. The molecule has 6 heteroatoms. The van der Waals surface area contributed by atoms with E-state index in [1.54, 1.807) is 0 Å². The maximum absolute atomic E-state index is 11.1. The monoisotopic (exact) mass is 226 g/mol. The van der Waals surface area contributed by atoms with E-state index in [1.807, 2.05) is 0 Å². The number of terminal acetylenes is 1. The molecule has 3 amide bonds. The van der Waals surface area contributed by atoms with Crippen molar-refractivity contribution in [1.82, 2.24) is 10.6 Å². The van der Waals surface area contributed by atoms with Gasteiger partial charge in [-0.25, -0.2) is 4.79 Å². The average molecular weight is 226 g/mol. The van der Waals surface area contributed by atoms with E-state index in [0.29, 0.717) is 12.8 Å². The quantitative estimate of drug-likeness (QED) is 0.442. The first-order chi connectivity index (χ1) is 7.56. The molecule has 0 aliphatic carbocycles. The van der Waals surface area contributed by atoms with E-state index < -0.39 is 17.9 Å². The molecule has 0 spiro atoms. The van der Waals surface area contributed by atoms with Gasteiger partial charge in [-0.05, 0) is 12.8 Å². The molecule has 0 radical (unpaired) electrons. The van der Waals surface area contributed by atoms with Crippen molar-refractivity contribution < 1.29 is 19.5 Å². The Balaban J connectivity index is 3.55. The van der Waals surface area contributed by atoms with Crippen LogP contribution in [-0.2, 0) is 9.59 Å². The van der Waals surface area contributed by atoms with Crippen LogP contribution in [0.1, 0.15) is 25.7 Å². The van der Waals surface area contributed by atoms with Crippen LogP contribution in [0.4, 0.5) is 4.79 Å². The number of carbonyl (C=O) groups excluding carboxylic acids is 2. The van der Waals surface area contributed by atoms with E-state index in [2.05, 4.69) is 16.6 Å². The van der Waals surface area contributed by atoms with Gasteiger partial charge in [0.15, 0.2) is 0 Å². The van der Waals surface area contributed by atoms with Crippen LogP contribution in [-0.4, -0.2) is 29.6 Å². The summed E-state index contributed by atoms with van der Waals surface area (Å²) in [6.07, 6.45) is 5.89. The first-order valence-electron chi connectivity index (χ1n) is 4.79. The summed E-state index contributed by atoms with van der Waals surface area (Å²) in [7, 11) is 0. The fraction of sp³-hybridized carbons (Fsp3) is 0.500. The summed E-state index contributed by atoms with van der Waals surface area (Å²) in [5.41, 5.74) is 0. The van der Waals surface area contributed by atoms with Gasteiger partial charge in [0.05, 0.1) is 6.54 Å². The first-order valence-corrected chi connectivity index (χ1v) is 4.79. The molecular weight excluding hydrogens is 212 g/mol. The molecule has 0 aliphatic heterocycles. The van der Waals surface area contributed by atoms with Crippen LogP contribution >= 0.6 is 0 Å². The second-order valence-corrected chi connectivity index (χ2v) is 3.04. The summed E-state index contributed by atoms with van der Waals surface area (Å²) < 4.78 is 0. The van der Waals surface area contributed by atoms with Crippen LogP contribution in [0.25, 0.3) is 0 Å². The number of imide groups is 1. The molecule has 88 valence electrons. The van der Waals surface area contributed by atoms with Crippen molar-refractivity contribution in [3.63, 3.8) is 0 Å². The summed E-state index contributed by atoms with van der Waals surface area (Å²) in [5.74, 6) is 0.847. The SMILES string of the molecule is C#CCNC(=O)NC(=O)CCCCC(=O)O. The zero-order chi connectivity index (χ0) is 12.4. The third-order valence-corrected chi connectivity index (χ3v) is 1.65. The number of nitrogens with one attached hydrogen (secondary N) is 2. The van der Waals surface area contributed by atoms with Crippen molar-refractivity contribution in [3.05, 3.63) is 0 Å². The largest absolute Gasteiger partial charge is 0.481 e. The van der Waals surface area contributed by atoms with Gasteiger partial charge >= 0.3 is 12.0 Å². The van der Waals surface area contributed by atoms with Crippen molar-refractivity contribution in [2.24, 2.45) is 0 Å². The predicted octanol–water partition coefficient (Wildman–Crippen LogP) is 0.0904. The summed E-state index contributed by atoms with van der Waals surface area (Å²) in [4.78, 5) is 32.2. The predicted molar refractivity (Wildman–Crippen MR) is 56.5 cm³/mol. The van der Waals surface area contributed by atoms with E-state index in [4.69, 9.17) is 11.5 Å². The molecule has 3 N–H and O–H groups in total. The molecule has 0 aromatic rings. The molecule has 0 atom stereocenters. The zero-order valence-corrected chi connectivity index (χ0v) is 8.78. The number of urea groups is 1. The lowest BCUT2D eigenvalue weighted by Gasteiger charge is -2.03. The molecule has 6 nitrogen and oxygen atoms in total. The van der Waals surface area contributed by atoms with E-state index in [1.165, 1.54) is 0 Å². The minimum Gasteiger partial charge on any atom is -0.481 e. The average Bonchev–Trinajstić information content (AvgIpc) is 2.21. The lowest BCUT2D eigenvalue weighted by atomic mass is 10.2. The number of hydrogen-bond acceptors (Lipinski definition) is 3. The highest BCUT2D eigenvalue weighted by Gasteiger charge is 2.06. The van der Waals surface area contributed by atoms with Crippen molar-refractivity contribution in [1.29, 1.82) is 0 Å². The highest BCUT2D eigenvalue weighted by molar-refractivity contribution is 5.94. The number of amides is 3. The summed E-state index contributed by atoms with van der Waals surface area (Å²) in [5, 5.41) is 12.7. The Kier molecular flexibility index (Phi) is 7.24. The second-order valence-electron chi connectivity index (χ2n) is 3.04. The van der Waals surface area contributed by atoms with Crippen molar-refractivity contribution in [2.45, 2.75) is 25.7 Å². The van der Waals surface area contributed by atoms with E-state index in [-0.39, 0.29) is 19.4 Å². The van der Waals surface area contributed by atoms with Gasteiger partial charge in [0.2, 0.25) is 5.91 Å². The molecule has 0 unspecified atom stereocenters. The van der Waals surface area contributed by atoms with Crippen LogP contribution in [0.15, 0.2) is 0 Å². The molecule has 0 fully saturated rings. The maximum atomic E-state index is 11.1. The maximum Gasteiger partial charge on any atom is 0.322 e. The van der Waals surface area contributed by atoms with Crippen LogP contribution in [0.2, 0.25) is 0 Å². The second kappa shape index (κ2) is 8.29. The van der Waals surface area contributed by atoms with Gasteiger partial charge in [0.25, 0.3) is 0 Å². The molecule has 0 saturated carbocycles. The third kappa shape index (κ3) is 8.56. The standard InChI is InChI=1S/C10H14N2O4/c1-2-7-11-10(16)12-8(13)5-3-4-6-9(14)15/h1H,3-7H2,(H,14,15)(H2,11,12,13,16). The number of carboxylic acids is 1. The van der Waals surface area contributed by atoms with E-state index in [0.717, 1.165) is 0 Å². The summed E-state index contributed by atoms with van der Waals surface area (Å²) in [6, 6.07) is -0.638. The number of hydrogen-bond donors (Lipinski definition) is 3. The lowest BCUT2D eigenvalue weighted by molar-refractivity contribution is -0.137. The number of carbonyl (C=O) groups is 3. The van der Waals surface area contributed by atoms with Crippen LogP contribution in [0.5, 0.6) is 0 Å². The minimum absolute atomic E-state index is 0.0244. The highest BCUT2D eigenvalue weighted by Crippen LogP contribution is 1.99. The number of aliphatic carboxylic acids is 1. The van der Waals surface area contributed by atoms with Crippen molar-refractivity contribution >= 4 is 17.9 Å². The van der Waals surface area contributed by atoms with Gasteiger partial charge in [-0.15, -0.1) is 6.42 Å². The molecule has 0 aliphatic rings. The summed E-state index contributed by atoms with van der Waals surface area (Å²) >= 11 is 0. The Morgan fingerprint density at radius 3 is 2.38 bits per heavy atom. The summed E-state index contributed by atoms with van der Waals surface area (Å²) in [6.45, 7) is 0.0537. The van der Waals surface area contributed by atoms with Gasteiger partial charge < -0.3 is 10.4 Å². The number of unbranched alkanes of at least 4 members (excludes halogenated alkanes) is 1. The molecule has 0 heterocycles. The van der Waals surface area contributed by atoms with Gasteiger partial charge in [-0.3, -0.25) is 14.9 Å². The van der Waals surface area contributed by atoms with Crippen molar-refractivity contribution in [3.8, 4) is 12.3 Å². The molecular formula is C10H14N2O4. The van der Waals surface area contributed by atoms with Gasteiger partial charge in [-0.1, -0.05) is 5.92 Å². The van der Waals surface area contributed by atoms with E-state index in [9.17, 15) is 14.4 Å². The van der Waals surface area contributed by atoms with Gasteiger partial charge in [-0.2, -0.15) is 0 Å². The molecule has 0 rings (SSSR count). The Morgan fingerprint density at radius 2 is 1.81 bits per heavy atom. The highest BCUT2D eigenvalue weighted by atomic mass is 16.4. The van der Waals surface area contributed by atoms with Crippen LogP contribution in [0.3, 0.4) is 0 Å². The molecule has 0 bridgehead atoms. The van der Waals surface area contributed by atoms with Crippen molar-refractivity contribution in [2.75, 3.05) is 6.54 Å². The van der Waals surface area contributed by atoms with Crippen LogP contribution < -0.4 is 10.6 Å². The van der Waals surface area contributed by atoms with Crippen LogP contribution in [0, 0.1) is 12.3 Å².